The third kappa shape index (κ3) is 2.39. The standard InChI is InChI=1S/C15H12N6O2/c1-9-18-13-12(7-17-21(13)2)15(19-9)23-11-5-3-4-10(6-11)14-20-16-8-22-14/h3-8H,1-2H3. The Kier molecular flexibility index (Phi) is 3.00. The summed E-state index contributed by atoms with van der Waals surface area (Å²) < 4.78 is 12.8. The average molecular weight is 308 g/mol. The number of hydrogen-bond donors (Lipinski definition) is 0. The number of benzene rings is 1. The summed E-state index contributed by atoms with van der Waals surface area (Å²) in [6, 6.07) is 7.36. The van der Waals surface area contributed by atoms with Crippen molar-refractivity contribution < 1.29 is 9.15 Å². The topological polar surface area (TPSA) is 91.8 Å². The molecule has 0 N–H and O–H groups in total. The van der Waals surface area contributed by atoms with Gasteiger partial charge in [-0.05, 0) is 25.1 Å². The molecular weight excluding hydrogens is 296 g/mol. The van der Waals surface area contributed by atoms with Crippen LogP contribution in [0.1, 0.15) is 5.82 Å². The van der Waals surface area contributed by atoms with E-state index in [1.165, 1.54) is 6.39 Å². The van der Waals surface area contributed by atoms with Crippen LogP contribution in [0.25, 0.3) is 22.5 Å². The van der Waals surface area contributed by atoms with Gasteiger partial charge in [-0.1, -0.05) is 6.07 Å². The molecule has 0 aliphatic rings. The molecule has 114 valence electrons. The number of nitrogens with zero attached hydrogens (tertiary/aromatic N) is 6. The molecule has 3 aromatic heterocycles. The van der Waals surface area contributed by atoms with Crippen molar-refractivity contribution in [2.45, 2.75) is 6.92 Å². The van der Waals surface area contributed by atoms with Gasteiger partial charge in [0.2, 0.25) is 18.2 Å². The van der Waals surface area contributed by atoms with Gasteiger partial charge in [0.05, 0.1) is 6.20 Å². The smallest absolute Gasteiger partial charge is 0.247 e. The van der Waals surface area contributed by atoms with Gasteiger partial charge in [0, 0.05) is 12.6 Å². The first-order chi connectivity index (χ1) is 11.2. The SMILES string of the molecule is Cc1nc(Oc2cccc(-c3nnco3)c2)c2cnn(C)c2n1. The maximum atomic E-state index is 5.93. The molecule has 0 aliphatic heterocycles. The van der Waals surface area contributed by atoms with Crippen LogP contribution in [0.5, 0.6) is 11.6 Å². The van der Waals surface area contributed by atoms with Crippen LogP contribution >= 0.6 is 0 Å². The Hall–Kier alpha value is -3.29. The van der Waals surface area contributed by atoms with Gasteiger partial charge in [0.15, 0.2) is 5.65 Å². The van der Waals surface area contributed by atoms with Crippen LogP contribution in [-0.2, 0) is 7.05 Å². The Bertz CT molecular complexity index is 977. The Labute approximate surface area is 130 Å². The van der Waals surface area contributed by atoms with E-state index in [2.05, 4.69) is 25.3 Å². The van der Waals surface area contributed by atoms with Crippen molar-refractivity contribution in [2.75, 3.05) is 0 Å². The molecule has 0 spiro atoms. The third-order valence-corrected chi connectivity index (χ3v) is 3.32. The highest BCUT2D eigenvalue weighted by Gasteiger charge is 2.13. The lowest BCUT2D eigenvalue weighted by atomic mass is 10.2. The first-order valence-electron chi connectivity index (χ1n) is 6.91. The third-order valence-electron chi connectivity index (χ3n) is 3.32. The highest BCUT2D eigenvalue weighted by Crippen LogP contribution is 2.29. The van der Waals surface area contributed by atoms with Gasteiger partial charge in [0.1, 0.15) is 17.0 Å². The maximum absolute atomic E-state index is 5.93. The van der Waals surface area contributed by atoms with E-state index in [4.69, 9.17) is 9.15 Å². The summed E-state index contributed by atoms with van der Waals surface area (Å²) in [5.74, 6) is 2.12. The van der Waals surface area contributed by atoms with Gasteiger partial charge in [-0.2, -0.15) is 10.1 Å². The fraction of sp³-hybridized carbons (Fsp3) is 0.133. The number of rotatable bonds is 3. The Morgan fingerprint density at radius 1 is 1.22 bits per heavy atom. The molecule has 8 heteroatoms. The molecule has 0 saturated heterocycles. The van der Waals surface area contributed by atoms with Crippen molar-refractivity contribution >= 4 is 11.0 Å². The van der Waals surface area contributed by atoms with Crippen molar-refractivity contribution in [3.8, 4) is 23.1 Å². The van der Waals surface area contributed by atoms with E-state index in [1.807, 2.05) is 38.2 Å². The normalized spacial score (nSPS) is 11.0. The van der Waals surface area contributed by atoms with Gasteiger partial charge < -0.3 is 9.15 Å². The van der Waals surface area contributed by atoms with Gasteiger partial charge >= 0.3 is 0 Å². The number of aryl methyl sites for hydroxylation is 2. The van der Waals surface area contributed by atoms with Crippen LogP contribution in [-0.4, -0.2) is 29.9 Å². The molecule has 0 fully saturated rings. The molecule has 3 heterocycles. The summed E-state index contributed by atoms with van der Waals surface area (Å²) >= 11 is 0. The zero-order chi connectivity index (χ0) is 15.8. The van der Waals surface area contributed by atoms with Crippen LogP contribution in [0.2, 0.25) is 0 Å². The quantitative estimate of drug-likeness (QED) is 0.574. The maximum Gasteiger partial charge on any atom is 0.247 e. The van der Waals surface area contributed by atoms with Crippen LogP contribution in [0, 0.1) is 6.92 Å². The second-order valence-corrected chi connectivity index (χ2v) is 4.96. The number of fused-ring (bicyclic) bond motifs is 1. The monoisotopic (exact) mass is 308 g/mol. The van der Waals surface area contributed by atoms with Crippen LogP contribution in [0.15, 0.2) is 41.3 Å². The molecule has 0 saturated carbocycles. The largest absolute Gasteiger partial charge is 0.438 e. The van der Waals surface area contributed by atoms with Gasteiger partial charge in [-0.15, -0.1) is 10.2 Å². The first kappa shape index (κ1) is 13.4. The summed E-state index contributed by atoms with van der Waals surface area (Å²) in [4.78, 5) is 8.74. The average Bonchev–Trinajstić information content (AvgIpc) is 3.19. The van der Waals surface area contributed by atoms with E-state index in [1.54, 1.807) is 10.9 Å². The van der Waals surface area contributed by atoms with Gasteiger partial charge in [-0.3, -0.25) is 4.68 Å². The molecule has 0 aliphatic carbocycles. The van der Waals surface area contributed by atoms with Crippen molar-refractivity contribution in [2.24, 2.45) is 7.05 Å². The minimum absolute atomic E-state index is 0.431. The molecule has 0 radical (unpaired) electrons. The molecule has 4 aromatic rings. The first-order valence-corrected chi connectivity index (χ1v) is 6.91. The molecular formula is C15H12N6O2. The van der Waals surface area contributed by atoms with E-state index in [-0.39, 0.29) is 0 Å². The Balaban J connectivity index is 1.75. The highest BCUT2D eigenvalue weighted by molar-refractivity contribution is 5.80. The summed E-state index contributed by atoms with van der Waals surface area (Å²) in [7, 11) is 1.83. The minimum atomic E-state index is 0.431. The fourth-order valence-corrected chi connectivity index (χ4v) is 2.28. The minimum Gasteiger partial charge on any atom is -0.438 e. The van der Waals surface area contributed by atoms with E-state index < -0.39 is 0 Å². The van der Waals surface area contributed by atoms with Gasteiger partial charge in [0.25, 0.3) is 0 Å². The zero-order valence-corrected chi connectivity index (χ0v) is 12.5. The Morgan fingerprint density at radius 3 is 2.96 bits per heavy atom. The number of hydrogen-bond acceptors (Lipinski definition) is 7. The lowest BCUT2D eigenvalue weighted by Gasteiger charge is -2.07. The van der Waals surface area contributed by atoms with Gasteiger partial charge in [-0.25, -0.2) is 4.98 Å². The molecule has 0 amide bonds. The predicted molar refractivity (Wildman–Crippen MR) is 80.8 cm³/mol. The molecule has 1 aromatic carbocycles. The lowest BCUT2D eigenvalue weighted by molar-refractivity contribution is 0.466. The van der Waals surface area contributed by atoms with Crippen molar-refractivity contribution in [1.82, 2.24) is 29.9 Å². The van der Waals surface area contributed by atoms with Crippen LogP contribution in [0.4, 0.5) is 0 Å². The molecule has 0 atom stereocenters. The van der Waals surface area contributed by atoms with E-state index >= 15 is 0 Å². The molecule has 4 rings (SSSR count). The van der Waals surface area contributed by atoms with Crippen LogP contribution < -0.4 is 4.74 Å². The van der Waals surface area contributed by atoms with E-state index in [0.29, 0.717) is 23.3 Å². The van der Waals surface area contributed by atoms with Crippen molar-refractivity contribution in [3.63, 3.8) is 0 Å². The lowest BCUT2D eigenvalue weighted by Crippen LogP contribution is -1.97. The fourth-order valence-electron chi connectivity index (χ4n) is 2.28. The zero-order valence-electron chi connectivity index (χ0n) is 12.5. The molecule has 0 unspecified atom stereocenters. The van der Waals surface area contributed by atoms with E-state index in [9.17, 15) is 0 Å². The second kappa shape index (κ2) is 5.16. The van der Waals surface area contributed by atoms with Crippen molar-refractivity contribution in [1.29, 1.82) is 0 Å². The summed E-state index contributed by atoms with van der Waals surface area (Å²) in [6.07, 6.45) is 2.97. The Morgan fingerprint density at radius 2 is 2.13 bits per heavy atom. The molecule has 0 bridgehead atoms. The van der Waals surface area contributed by atoms with Crippen molar-refractivity contribution in [3.05, 3.63) is 42.7 Å². The predicted octanol–water partition coefficient (Wildman–Crippen LogP) is 2.51. The van der Waals surface area contributed by atoms with E-state index in [0.717, 1.165) is 16.6 Å². The second-order valence-electron chi connectivity index (χ2n) is 4.96. The molecule has 23 heavy (non-hydrogen) atoms. The summed E-state index contributed by atoms with van der Waals surface area (Å²) in [6.45, 7) is 1.81. The summed E-state index contributed by atoms with van der Waals surface area (Å²) in [5.41, 5.74) is 1.49. The number of aromatic nitrogens is 6. The van der Waals surface area contributed by atoms with Crippen LogP contribution in [0.3, 0.4) is 0 Å². The molecule has 8 nitrogen and oxygen atoms in total. The summed E-state index contributed by atoms with van der Waals surface area (Å²) in [5, 5.41) is 12.5. The highest BCUT2D eigenvalue weighted by atomic mass is 16.5. The number of ether oxygens (including phenoxy) is 1.